The summed E-state index contributed by atoms with van der Waals surface area (Å²) in [5.74, 6) is -0.673. The number of para-hydroxylation sites is 1. The predicted octanol–water partition coefficient (Wildman–Crippen LogP) is 4.68. The van der Waals surface area contributed by atoms with Gasteiger partial charge in [-0.15, -0.1) is 0 Å². The number of sulfonamides is 1. The number of rotatable bonds is 6. The SMILES string of the molecule is CC1(C)Cc2cccc(C(=O)NS(C)(=O)=O)c2NC1c1cccc(N2C(=O)OC[C@H]2Cc2ccccc2)c1. The largest absolute Gasteiger partial charge is 0.447 e. The molecule has 8 nitrogen and oxygen atoms in total. The summed E-state index contributed by atoms with van der Waals surface area (Å²) in [7, 11) is -3.71. The summed E-state index contributed by atoms with van der Waals surface area (Å²) in [6.07, 6.45) is 1.94. The lowest BCUT2D eigenvalue weighted by Crippen LogP contribution is -2.38. The number of benzene rings is 3. The lowest BCUT2D eigenvalue weighted by molar-refractivity contribution is 0.0981. The van der Waals surface area contributed by atoms with Crippen molar-refractivity contribution < 1.29 is 22.7 Å². The molecule has 0 aromatic heterocycles. The standard InChI is InChI=1S/C29H31N3O5S/c1-29(2)17-21-12-8-14-24(27(33)31-38(3,35)36)25(21)30-26(29)20-11-7-13-22(16-20)32-23(18-37-28(32)34)15-19-9-5-4-6-10-19/h4-14,16,23,26,30H,15,17-18H2,1-3H3,(H,31,33)/t23-,26?/m1/s1. The molecule has 9 heteroatoms. The van der Waals surface area contributed by atoms with Gasteiger partial charge >= 0.3 is 6.09 Å². The number of nitrogens with one attached hydrogen (secondary N) is 2. The summed E-state index contributed by atoms with van der Waals surface area (Å²) in [6.45, 7) is 4.61. The van der Waals surface area contributed by atoms with Crippen LogP contribution in [0.15, 0.2) is 72.8 Å². The number of amides is 2. The molecule has 198 valence electrons. The second-order valence-electron chi connectivity index (χ2n) is 10.7. The lowest BCUT2D eigenvalue weighted by Gasteiger charge is -2.42. The Bertz CT molecular complexity index is 1490. The fraction of sp³-hybridized carbons (Fsp3) is 0.310. The third-order valence-corrected chi connectivity index (χ3v) is 7.70. The van der Waals surface area contributed by atoms with Crippen molar-refractivity contribution >= 4 is 33.4 Å². The van der Waals surface area contributed by atoms with E-state index < -0.39 is 15.9 Å². The quantitative estimate of drug-likeness (QED) is 0.477. The summed E-state index contributed by atoms with van der Waals surface area (Å²) in [4.78, 5) is 27.3. The molecular weight excluding hydrogens is 502 g/mol. The van der Waals surface area contributed by atoms with Crippen LogP contribution in [0.2, 0.25) is 0 Å². The van der Waals surface area contributed by atoms with Crippen molar-refractivity contribution in [3.8, 4) is 0 Å². The Morgan fingerprint density at radius 1 is 1.08 bits per heavy atom. The van der Waals surface area contributed by atoms with Crippen LogP contribution in [-0.2, 0) is 27.6 Å². The van der Waals surface area contributed by atoms with E-state index in [0.29, 0.717) is 25.1 Å². The van der Waals surface area contributed by atoms with Crippen LogP contribution in [0.5, 0.6) is 0 Å². The molecule has 5 rings (SSSR count). The first-order valence-corrected chi connectivity index (χ1v) is 14.4. The van der Waals surface area contributed by atoms with Gasteiger partial charge in [-0.05, 0) is 53.1 Å². The van der Waals surface area contributed by atoms with Gasteiger partial charge in [0.25, 0.3) is 5.91 Å². The Morgan fingerprint density at radius 2 is 1.82 bits per heavy atom. The van der Waals surface area contributed by atoms with E-state index in [4.69, 9.17) is 4.74 Å². The maximum Gasteiger partial charge on any atom is 0.414 e. The van der Waals surface area contributed by atoms with Crippen LogP contribution < -0.4 is 14.9 Å². The van der Waals surface area contributed by atoms with Crippen LogP contribution in [0.1, 0.15) is 46.9 Å². The van der Waals surface area contributed by atoms with Crippen LogP contribution in [0.25, 0.3) is 0 Å². The second kappa shape index (κ2) is 9.79. The maximum absolute atomic E-state index is 12.8. The minimum atomic E-state index is -3.71. The Morgan fingerprint density at radius 3 is 2.55 bits per heavy atom. The zero-order chi connectivity index (χ0) is 27.1. The van der Waals surface area contributed by atoms with Crippen molar-refractivity contribution in [1.29, 1.82) is 0 Å². The van der Waals surface area contributed by atoms with Gasteiger partial charge in [0.1, 0.15) is 6.61 Å². The molecular formula is C29H31N3O5S. The number of ether oxygens (including phenoxy) is 1. The Kier molecular flexibility index (Phi) is 6.65. The van der Waals surface area contributed by atoms with Gasteiger partial charge < -0.3 is 10.1 Å². The Hall–Kier alpha value is -3.85. The molecule has 1 fully saturated rings. The monoisotopic (exact) mass is 533 g/mol. The number of hydrogen-bond acceptors (Lipinski definition) is 6. The molecule has 2 heterocycles. The van der Waals surface area contributed by atoms with Gasteiger partial charge in [0.15, 0.2) is 0 Å². The molecule has 0 radical (unpaired) electrons. The first-order valence-electron chi connectivity index (χ1n) is 12.5. The first-order chi connectivity index (χ1) is 18.0. The average molecular weight is 534 g/mol. The molecule has 1 unspecified atom stereocenters. The third-order valence-electron chi connectivity index (χ3n) is 7.15. The van der Waals surface area contributed by atoms with Gasteiger partial charge in [0.05, 0.1) is 29.6 Å². The first kappa shape index (κ1) is 25.8. The average Bonchev–Trinajstić information content (AvgIpc) is 3.22. The fourth-order valence-electron chi connectivity index (χ4n) is 5.47. The lowest BCUT2D eigenvalue weighted by atomic mass is 9.72. The molecule has 2 atom stereocenters. The van der Waals surface area contributed by atoms with Crippen molar-refractivity contribution in [3.05, 3.63) is 95.1 Å². The normalized spacial score (nSPS) is 20.3. The summed E-state index contributed by atoms with van der Waals surface area (Å²) < 4.78 is 30.9. The number of carbonyl (C=O) groups excluding carboxylic acids is 2. The van der Waals surface area contributed by atoms with Crippen LogP contribution in [0.3, 0.4) is 0 Å². The van der Waals surface area contributed by atoms with Crippen molar-refractivity contribution in [1.82, 2.24) is 4.72 Å². The highest BCUT2D eigenvalue weighted by Crippen LogP contribution is 2.46. The van der Waals surface area contributed by atoms with E-state index in [1.54, 1.807) is 17.0 Å². The van der Waals surface area contributed by atoms with Gasteiger partial charge in [-0.2, -0.15) is 0 Å². The molecule has 2 N–H and O–H groups in total. The van der Waals surface area contributed by atoms with E-state index in [9.17, 15) is 18.0 Å². The minimum absolute atomic E-state index is 0.125. The smallest absolute Gasteiger partial charge is 0.414 e. The van der Waals surface area contributed by atoms with Gasteiger partial charge in [-0.3, -0.25) is 9.69 Å². The van der Waals surface area contributed by atoms with E-state index >= 15 is 0 Å². The van der Waals surface area contributed by atoms with Crippen molar-refractivity contribution in [2.75, 3.05) is 23.1 Å². The highest BCUT2D eigenvalue weighted by molar-refractivity contribution is 7.89. The molecule has 0 saturated carbocycles. The topological polar surface area (TPSA) is 105 Å². The van der Waals surface area contributed by atoms with Crippen LogP contribution in [0, 0.1) is 5.41 Å². The molecule has 2 amide bonds. The number of nitrogens with zero attached hydrogens (tertiary/aromatic N) is 1. The highest BCUT2D eigenvalue weighted by atomic mass is 32.2. The molecule has 3 aromatic carbocycles. The summed E-state index contributed by atoms with van der Waals surface area (Å²) >= 11 is 0. The molecule has 38 heavy (non-hydrogen) atoms. The molecule has 0 bridgehead atoms. The maximum atomic E-state index is 12.8. The van der Waals surface area contributed by atoms with Crippen LogP contribution >= 0.6 is 0 Å². The molecule has 0 spiro atoms. The number of anilines is 2. The van der Waals surface area contributed by atoms with Crippen molar-refractivity contribution in [3.63, 3.8) is 0 Å². The number of carbonyl (C=O) groups is 2. The Balaban J connectivity index is 1.47. The van der Waals surface area contributed by atoms with E-state index in [2.05, 4.69) is 23.9 Å². The van der Waals surface area contributed by atoms with Gasteiger partial charge in [-0.1, -0.05) is 68.4 Å². The highest BCUT2D eigenvalue weighted by Gasteiger charge is 2.39. The predicted molar refractivity (Wildman–Crippen MR) is 147 cm³/mol. The van der Waals surface area contributed by atoms with Crippen LogP contribution in [0.4, 0.5) is 16.2 Å². The van der Waals surface area contributed by atoms with Gasteiger partial charge in [-0.25, -0.2) is 17.9 Å². The summed E-state index contributed by atoms with van der Waals surface area (Å²) in [6, 6.07) is 22.8. The van der Waals surface area contributed by atoms with Crippen molar-refractivity contribution in [2.45, 2.75) is 38.8 Å². The molecule has 2 aliphatic heterocycles. The van der Waals surface area contributed by atoms with E-state index in [0.717, 1.165) is 28.6 Å². The number of hydrogen-bond donors (Lipinski definition) is 2. The molecule has 3 aromatic rings. The number of fused-ring (bicyclic) bond motifs is 1. The van der Waals surface area contributed by atoms with Gasteiger partial charge in [0.2, 0.25) is 10.0 Å². The van der Waals surface area contributed by atoms with E-state index in [-0.39, 0.29) is 29.2 Å². The molecule has 1 saturated heterocycles. The Labute approximate surface area is 223 Å². The molecule has 2 aliphatic rings. The van der Waals surface area contributed by atoms with Crippen LogP contribution in [-0.4, -0.2) is 39.3 Å². The minimum Gasteiger partial charge on any atom is -0.447 e. The van der Waals surface area contributed by atoms with E-state index in [1.165, 1.54) is 0 Å². The second-order valence-corrected chi connectivity index (χ2v) is 12.4. The molecule has 0 aliphatic carbocycles. The zero-order valence-corrected chi connectivity index (χ0v) is 22.4. The zero-order valence-electron chi connectivity index (χ0n) is 21.6. The van der Waals surface area contributed by atoms with Gasteiger partial charge in [0, 0.05) is 5.69 Å². The third kappa shape index (κ3) is 5.24. The summed E-state index contributed by atoms with van der Waals surface area (Å²) in [5, 5.41) is 3.53. The number of cyclic esters (lactones) is 1. The van der Waals surface area contributed by atoms with Crippen molar-refractivity contribution in [2.24, 2.45) is 5.41 Å². The van der Waals surface area contributed by atoms with E-state index in [1.807, 2.05) is 60.7 Å². The summed E-state index contributed by atoms with van der Waals surface area (Å²) in [5.41, 5.74) is 4.42. The fourth-order valence-corrected chi connectivity index (χ4v) is 5.91.